The van der Waals surface area contributed by atoms with Crippen LogP contribution in [0.4, 0.5) is 0 Å². The van der Waals surface area contributed by atoms with Crippen molar-refractivity contribution >= 4 is 17.5 Å². The summed E-state index contributed by atoms with van der Waals surface area (Å²) in [6.45, 7) is 0.291. The zero-order chi connectivity index (χ0) is 26.1. The lowest BCUT2D eigenvalue weighted by atomic mass is 9.77. The number of fused-ring (bicyclic) bond motifs is 2. The monoisotopic (exact) mass is 492 g/mol. The minimum absolute atomic E-state index is 0.308. The van der Waals surface area contributed by atoms with E-state index in [1.54, 1.807) is 0 Å². The van der Waals surface area contributed by atoms with Gasteiger partial charge in [0.05, 0.1) is 23.3 Å². The Morgan fingerprint density at radius 1 is 0.886 bits per heavy atom. The zero-order valence-electron chi connectivity index (χ0n) is 17.8. The number of aliphatic hydroxyl groups excluding tert-OH is 4. The Labute approximate surface area is 195 Å². The van der Waals surface area contributed by atoms with Crippen LogP contribution in [0.2, 0.25) is 0 Å². The van der Waals surface area contributed by atoms with Crippen LogP contribution in [0.3, 0.4) is 0 Å². The van der Waals surface area contributed by atoms with Crippen molar-refractivity contribution in [3.63, 3.8) is 0 Å². The number of carboxylic acid groups (broad SMARTS) is 1. The summed E-state index contributed by atoms with van der Waals surface area (Å²) in [5, 5.41) is 91.5. The number of aromatic carboxylic acids is 1. The molecule has 13 heteroatoms. The van der Waals surface area contributed by atoms with Gasteiger partial charge in [-0.05, 0) is 18.6 Å². The van der Waals surface area contributed by atoms with Crippen molar-refractivity contribution in [1.29, 1.82) is 0 Å². The molecule has 1 heterocycles. The molecule has 13 nitrogen and oxygen atoms in total. The smallest absolute Gasteiger partial charge is 0.339 e. The number of carbonyl (C=O) groups is 3. The molecule has 0 saturated carbocycles. The predicted molar refractivity (Wildman–Crippen MR) is 111 cm³/mol. The Balaban J connectivity index is 1.99. The summed E-state index contributed by atoms with van der Waals surface area (Å²) >= 11 is 0. The number of phenolic OH excluding ortho intramolecular Hbond substituents is 3. The van der Waals surface area contributed by atoms with E-state index in [0.717, 1.165) is 6.92 Å². The Bertz CT molecular complexity index is 1300. The van der Waals surface area contributed by atoms with Gasteiger partial charge < -0.3 is 50.7 Å². The average Bonchev–Trinajstić information content (AvgIpc) is 2.79. The van der Waals surface area contributed by atoms with E-state index in [0.29, 0.717) is 6.07 Å². The van der Waals surface area contributed by atoms with Crippen molar-refractivity contribution in [2.75, 3.05) is 6.61 Å². The van der Waals surface area contributed by atoms with Gasteiger partial charge in [-0.15, -0.1) is 0 Å². The van der Waals surface area contributed by atoms with E-state index in [4.69, 9.17) is 4.74 Å². The molecule has 2 aliphatic rings. The summed E-state index contributed by atoms with van der Waals surface area (Å²) in [6, 6.07) is 0.716. The van der Waals surface area contributed by atoms with E-state index < -0.39 is 111 Å². The van der Waals surface area contributed by atoms with Crippen molar-refractivity contribution in [3.8, 4) is 23.0 Å². The summed E-state index contributed by atoms with van der Waals surface area (Å²) in [7, 11) is 0. The number of rotatable bonds is 3. The molecular weight excluding hydrogens is 472 g/mol. The molecule has 0 radical (unpaired) electrons. The van der Waals surface area contributed by atoms with E-state index in [9.17, 15) is 60.3 Å². The molecule has 1 aliphatic carbocycles. The van der Waals surface area contributed by atoms with Gasteiger partial charge in [0.2, 0.25) is 0 Å². The first-order chi connectivity index (χ1) is 16.3. The third-order valence-electron chi connectivity index (χ3n) is 6.33. The molecule has 0 spiro atoms. The third kappa shape index (κ3) is 3.25. The molecule has 0 aromatic heterocycles. The number of aromatic hydroxyl groups is 4. The van der Waals surface area contributed by atoms with Gasteiger partial charge in [-0.3, -0.25) is 9.59 Å². The fourth-order valence-electron chi connectivity index (χ4n) is 4.58. The number of ketones is 2. The minimum Gasteiger partial charge on any atom is -0.507 e. The van der Waals surface area contributed by atoms with E-state index in [-0.39, 0.29) is 5.56 Å². The molecule has 1 fully saturated rings. The Hall–Kier alpha value is -3.75. The van der Waals surface area contributed by atoms with Crippen LogP contribution in [0.25, 0.3) is 0 Å². The highest BCUT2D eigenvalue weighted by Crippen LogP contribution is 2.52. The molecule has 0 bridgehead atoms. The highest BCUT2D eigenvalue weighted by atomic mass is 16.5. The first kappa shape index (κ1) is 24.4. The van der Waals surface area contributed by atoms with Gasteiger partial charge in [-0.2, -0.15) is 0 Å². The van der Waals surface area contributed by atoms with Gasteiger partial charge in [0.15, 0.2) is 23.1 Å². The van der Waals surface area contributed by atoms with Gasteiger partial charge in [0.1, 0.15) is 47.6 Å². The molecule has 1 saturated heterocycles. The molecule has 5 atom stereocenters. The second-order valence-electron chi connectivity index (χ2n) is 8.24. The third-order valence-corrected chi connectivity index (χ3v) is 6.33. The number of carboxylic acids is 1. The van der Waals surface area contributed by atoms with Crippen LogP contribution < -0.4 is 0 Å². The van der Waals surface area contributed by atoms with Crippen LogP contribution in [0.1, 0.15) is 59.4 Å². The van der Waals surface area contributed by atoms with Gasteiger partial charge in [-0.25, -0.2) is 4.79 Å². The topological polar surface area (TPSA) is 243 Å². The maximum atomic E-state index is 13.4. The Morgan fingerprint density at radius 2 is 1.49 bits per heavy atom. The van der Waals surface area contributed by atoms with Gasteiger partial charge in [-0.1, -0.05) is 0 Å². The number of phenols is 4. The van der Waals surface area contributed by atoms with Crippen molar-refractivity contribution in [3.05, 3.63) is 45.0 Å². The standard InChI is InChI=1S/C22H20O13/c1-4-8-5(2-6(24)9(4)22(33)34)13(25)10-11(15(8)27)16(28)12(18(30)17(10)29)21-20(32)19(31)14(26)7(3-23)35-21/h2,7,14,19-21,23-24,26,28-32H,3H2,1H3,(H,33,34)/t7?,14-,19?,20?,21-/m0/s1. The number of carbonyl (C=O) groups excluding carboxylic acids is 2. The largest absolute Gasteiger partial charge is 0.507 e. The highest BCUT2D eigenvalue weighted by Gasteiger charge is 2.48. The zero-order valence-corrected chi connectivity index (χ0v) is 17.8. The number of benzene rings is 2. The first-order valence-corrected chi connectivity index (χ1v) is 10.2. The summed E-state index contributed by atoms with van der Waals surface area (Å²) in [5.74, 6) is -8.24. The van der Waals surface area contributed by atoms with E-state index in [1.165, 1.54) is 0 Å². The SMILES string of the molecule is Cc1c(C(=O)O)c(O)cc2c1C(=O)c1c(O)c([C@@H]3OC(CO)[C@H](O)C(O)C3O)c(O)c(O)c1C2=O. The lowest BCUT2D eigenvalue weighted by Crippen LogP contribution is -2.55. The summed E-state index contributed by atoms with van der Waals surface area (Å²) < 4.78 is 5.30. The summed E-state index contributed by atoms with van der Waals surface area (Å²) in [5.41, 5.74) is -4.49. The van der Waals surface area contributed by atoms with Crippen LogP contribution in [-0.2, 0) is 4.74 Å². The maximum absolute atomic E-state index is 13.4. The predicted octanol–water partition coefficient (Wildman–Crippen LogP) is -1.19. The summed E-state index contributed by atoms with van der Waals surface area (Å²) in [6.07, 6.45) is -9.12. The second-order valence-corrected chi connectivity index (χ2v) is 8.24. The summed E-state index contributed by atoms with van der Waals surface area (Å²) in [4.78, 5) is 38.1. The van der Waals surface area contributed by atoms with Crippen molar-refractivity contribution < 1.29 is 65.1 Å². The molecule has 186 valence electrons. The maximum Gasteiger partial charge on any atom is 0.339 e. The molecule has 35 heavy (non-hydrogen) atoms. The van der Waals surface area contributed by atoms with Crippen molar-refractivity contribution in [1.82, 2.24) is 0 Å². The van der Waals surface area contributed by atoms with E-state index in [1.807, 2.05) is 0 Å². The molecule has 1 aliphatic heterocycles. The molecule has 2 aromatic carbocycles. The Kier molecular flexibility index (Phi) is 5.70. The lowest BCUT2D eigenvalue weighted by Gasteiger charge is -2.40. The molecular formula is C22H20O13. The molecule has 2 aromatic rings. The number of aliphatic hydroxyl groups is 4. The number of ether oxygens (including phenoxy) is 1. The van der Waals surface area contributed by atoms with Gasteiger partial charge in [0.25, 0.3) is 0 Å². The lowest BCUT2D eigenvalue weighted by molar-refractivity contribution is -0.232. The molecule has 9 N–H and O–H groups in total. The molecule has 4 rings (SSSR count). The number of hydrogen-bond donors (Lipinski definition) is 9. The molecule has 3 unspecified atom stereocenters. The fraction of sp³-hybridized carbons (Fsp3) is 0.318. The van der Waals surface area contributed by atoms with E-state index >= 15 is 0 Å². The van der Waals surface area contributed by atoms with Crippen molar-refractivity contribution in [2.45, 2.75) is 37.4 Å². The van der Waals surface area contributed by atoms with Gasteiger partial charge >= 0.3 is 5.97 Å². The van der Waals surface area contributed by atoms with Crippen molar-refractivity contribution in [2.24, 2.45) is 0 Å². The normalized spacial score (nSPS) is 25.8. The Morgan fingerprint density at radius 3 is 2.06 bits per heavy atom. The number of hydrogen-bond acceptors (Lipinski definition) is 12. The van der Waals surface area contributed by atoms with Crippen LogP contribution in [0, 0.1) is 6.92 Å². The van der Waals surface area contributed by atoms with E-state index in [2.05, 4.69) is 0 Å². The quantitative estimate of drug-likeness (QED) is 0.154. The van der Waals surface area contributed by atoms with Crippen LogP contribution in [0.5, 0.6) is 23.0 Å². The first-order valence-electron chi connectivity index (χ1n) is 10.2. The van der Waals surface area contributed by atoms with Crippen LogP contribution in [-0.4, -0.2) is 94.5 Å². The molecule has 0 amide bonds. The van der Waals surface area contributed by atoms with Gasteiger partial charge in [0, 0.05) is 11.1 Å². The second kappa shape index (κ2) is 8.18. The highest BCUT2D eigenvalue weighted by molar-refractivity contribution is 6.31. The fourth-order valence-corrected chi connectivity index (χ4v) is 4.58. The average molecular weight is 492 g/mol. The van der Waals surface area contributed by atoms with Crippen LogP contribution in [0.15, 0.2) is 6.07 Å². The minimum atomic E-state index is -2.03. The van der Waals surface area contributed by atoms with Crippen LogP contribution >= 0.6 is 0 Å².